The maximum absolute atomic E-state index is 10.1. The van der Waals surface area contributed by atoms with Crippen molar-refractivity contribution in [2.75, 3.05) is 33.2 Å². The first-order valence-electron chi connectivity index (χ1n) is 7.03. The van der Waals surface area contributed by atoms with Gasteiger partial charge < -0.3 is 15.3 Å². The molecule has 0 amide bonds. The highest BCUT2D eigenvalue weighted by molar-refractivity contribution is 4.79. The van der Waals surface area contributed by atoms with E-state index in [0.717, 1.165) is 12.5 Å². The van der Waals surface area contributed by atoms with Crippen molar-refractivity contribution in [3.05, 3.63) is 0 Å². The number of nitrogens with one attached hydrogen (secondary N) is 1. The molecule has 1 heterocycles. The lowest BCUT2D eigenvalue weighted by Gasteiger charge is -2.30. The summed E-state index contributed by atoms with van der Waals surface area (Å²) >= 11 is 0. The number of nitrogens with zero attached hydrogens (tertiary/aromatic N) is 1. The molecule has 0 aromatic carbocycles. The molecule has 0 radical (unpaired) electrons. The van der Waals surface area contributed by atoms with Gasteiger partial charge in [0, 0.05) is 6.54 Å². The second kappa shape index (κ2) is 6.72. The van der Waals surface area contributed by atoms with Crippen LogP contribution in [0.1, 0.15) is 40.0 Å². The zero-order valence-corrected chi connectivity index (χ0v) is 12.0. The molecule has 0 bridgehead atoms. The Labute approximate surface area is 107 Å². The van der Waals surface area contributed by atoms with Crippen LogP contribution in [0, 0.1) is 11.8 Å². The first-order chi connectivity index (χ1) is 7.92. The third-order valence-corrected chi connectivity index (χ3v) is 4.29. The normalized spacial score (nSPS) is 22.9. The van der Waals surface area contributed by atoms with Crippen LogP contribution in [-0.2, 0) is 0 Å². The molecular weight excluding hydrogens is 212 g/mol. The van der Waals surface area contributed by atoms with E-state index in [9.17, 15) is 5.11 Å². The molecule has 0 saturated carbocycles. The molecule has 3 heteroatoms. The molecule has 1 saturated heterocycles. The summed E-state index contributed by atoms with van der Waals surface area (Å²) in [7, 11) is 2.20. The molecular formula is C14H30N2O. The van der Waals surface area contributed by atoms with Crippen molar-refractivity contribution in [3.8, 4) is 0 Å². The van der Waals surface area contributed by atoms with E-state index >= 15 is 0 Å². The number of hydrogen-bond donors (Lipinski definition) is 2. The molecule has 1 rings (SSSR count). The molecule has 0 spiro atoms. The maximum Gasteiger partial charge on any atom is 0.0766 e. The lowest BCUT2D eigenvalue weighted by Crippen LogP contribution is -2.43. The average molecular weight is 242 g/mol. The van der Waals surface area contributed by atoms with Crippen LogP contribution in [0.5, 0.6) is 0 Å². The van der Waals surface area contributed by atoms with E-state index in [1.54, 1.807) is 0 Å². The number of piperidine rings is 1. The third-order valence-electron chi connectivity index (χ3n) is 4.29. The molecule has 17 heavy (non-hydrogen) atoms. The van der Waals surface area contributed by atoms with E-state index in [4.69, 9.17) is 0 Å². The predicted octanol–water partition coefficient (Wildman–Crippen LogP) is 1.71. The van der Waals surface area contributed by atoms with Crippen LogP contribution in [-0.4, -0.2) is 48.8 Å². The SMILES string of the molecule is CC(C)C(C)(O)CNCCC1CCN(C)CC1. The van der Waals surface area contributed by atoms with Crippen LogP contribution in [0.3, 0.4) is 0 Å². The molecule has 3 nitrogen and oxygen atoms in total. The van der Waals surface area contributed by atoms with Gasteiger partial charge in [-0.1, -0.05) is 13.8 Å². The minimum absolute atomic E-state index is 0.304. The largest absolute Gasteiger partial charge is 0.389 e. The molecule has 0 aromatic rings. The van der Waals surface area contributed by atoms with Gasteiger partial charge in [0.25, 0.3) is 0 Å². The minimum atomic E-state index is -0.577. The first-order valence-corrected chi connectivity index (χ1v) is 7.03. The van der Waals surface area contributed by atoms with Gasteiger partial charge in [0.15, 0.2) is 0 Å². The first kappa shape index (κ1) is 14.9. The zero-order chi connectivity index (χ0) is 12.9. The quantitative estimate of drug-likeness (QED) is 0.696. The Morgan fingerprint density at radius 3 is 2.47 bits per heavy atom. The Kier molecular flexibility index (Phi) is 5.90. The van der Waals surface area contributed by atoms with Gasteiger partial charge in [0.1, 0.15) is 0 Å². The summed E-state index contributed by atoms with van der Waals surface area (Å²) in [6, 6.07) is 0. The van der Waals surface area contributed by atoms with Gasteiger partial charge in [-0.3, -0.25) is 0 Å². The van der Waals surface area contributed by atoms with Crippen molar-refractivity contribution in [1.82, 2.24) is 10.2 Å². The summed E-state index contributed by atoms with van der Waals surface area (Å²) in [4.78, 5) is 2.41. The van der Waals surface area contributed by atoms with Crippen LogP contribution < -0.4 is 5.32 Å². The summed E-state index contributed by atoms with van der Waals surface area (Å²) in [5, 5.41) is 13.5. The second-order valence-corrected chi connectivity index (χ2v) is 6.22. The van der Waals surface area contributed by atoms with Crippen LogP contribution in [0.4, 0.5) is 0 Å². The van der Waals surface area contributed by atoms with Crippen LogP contribution in [0.15, 0.2) is 0 Å². The number of likely N-dealkylation sites (tertiary alicyclic amines) is 1. The van der Waals surface area contributed by atoms with Crippen molar-refractivity contribution in [3.63, 3.8) is 0 Å². The van der Waals surface area contributed by atoms with Crippen LogP contribution >= 0.6 is 0 Å². The van der Waals surface area contributed by atoms with Crippen LogP contribution in [0.25, 0.3) is 0 Å². The van der Waals surface area contributed by atoms with Crippen molar-refractivity contribution >= 4 is 0 Å². The van der Waals surface area contributed by atoms with Gasteiger partial charge in [-0.2, -0.15) is 0 Å². The summed E-state index contributed by atoms with van der Waals surface area (Å²) in [5.74, 6) is 1.18. The lowest BCUT2D eigenvalue weighted by molar-refractivity contribution is 0.0140. The highest BCUT2D eigenvalue weighted by Crippen LogP contribution is 2.19. The second-order valence-electron chi connectivity index (χ2n) is 6.22. The maximum atomic E-state index is 10.1. The van der Waals surface area contributed by atoms with E-state index in [1.165, 1.54) is 32.4 Å². The van der Waals surface area contributed by atoms with Gasteiger partial charge in [-0.15, -0.1) is 0 Å². The molecule has 0 aromatic heterocycles. The Hall–Kier alpha value is -0.120. The Bertz CT molecular complexity index is 208. The molecule has 1 fully saturated rings. The average Bonchev–Trinajstić information content (AvgIpc) is 2.26. The molecule has 0 aliphatic carbocycles. The monoisotopic (exact) mass is 242 g/mol. The zero-order valence-electron chi connectivity index (χ0n) is 12.0. The number of hydrogen-bond acceptors (Lipinski definition) is 3. The molecule has 1 unspecified atom stereocenters. The summed E-state index contributed by atoms with van der Waals surface area (Å²) in [6.45, 7) is 10.3. The van der Waals surface area contributed by atoms with Gasteiger partial charge in [-0.05, 0) is 64.7 Å². The van der Waals surface area contributed by atoms with Crippen molar-refractivity contribution in [2.45, 2.75) is 45.6 Å². The fourth-order valence-corrected chi connectivity index (χ4v) is 2.20. The van der Waals surface area contributed by atoms with Gasteiger partial charge in [0.05, 0.1) is 5.60 Å². The highest BCUT2D eigenvalue weighted by Gasteiger charge is 2.24. The smallest absolute Gasteiger partial charge is 0.0766 e. The van der Waals surface area contributed by atoms with E-state index in [0.29, 0.717) is 12.5 Å². The van der Waals surface area contributed by atoms with Crippen molar-refractivity contribution in [2.24, 2.45) is 11.8 Å². The van der Waals surface area contributed by atoms with E-state index in [-0.39, 0.29) is 0 Å². The fourth-order valence-electron chi connectivity index (χ4n) is 2.20. The fraction of sp³-hybridized carbons (Fsp3) is 1.00. The van der Waals surface area contributed by atoms with E-state index in [1.807, 2.05) is 6.92 Å². The molecule has 2 N–H and O–H groups in total. The minimum Gasteiger partial charge on any atom is -0.389 e. The Morgan fingerprint density at radius 1 is 1.35 bits per heavy atom. The predicted molar refractivity (Wildman–Crippen MR) is 73.2 cm³/mol. The Morgan fingerprint density at radius 2 is 1.94 bits per heavy atom. The van der Waals surface area contributed by atoms with Gasteiger partial charge in [-0.25, -0.2) is 0 Å². The van der Waals surface area contributed by atoms with Crippen molar-refractivity contribution in [1.29, 1.82) is 0 Å². The third kappa shape index (κ3) is 5.36. The summed E-state index contributed by atoms with van der Waals surface area (Å²) in [5.41, 5.74) is -0.577. The number of rotatable bonds is 6. The van der Waals surface area contributed by atoms with Crippen molar-refractivity contribution < 1.29 is 5.11 Å². The standard InChI is InChI=1S/C14H30N2O/c1-12(2)14(3,17)11-15-8-5-13-6-9-16(4)10-7-13/h12-13,15,17H,5-11H2,1-4H3. The molecule has 1 aliphatic rings. The lowest BCUT2D eigenvalue weighted by atomic mass is 9.91. The van der Waals surface area contributed by atoms with Gasteiger partial charge in [0.2, 0.25) is 0 Å². The number of aliphatic hydroxyl groups is 1. The summed E-state index contributed by atoms with van der Waals surface area (Å²) in [6.07, 6.45) is 3.92. The topological polar surface area (TPSA) is 35.5 Å². The van der Waals surface area contributed by atoms with E-state index in [2.05, 4.69) is 31.1 Å². The van der Waals surface area contributed by atoms with Crippen LogP contribution in [0.2, 0.25) is 0 Å². The molecule has 102 valence electrons. The molecule has 1 atom stereocenters. The molecule has 1 aliphatic heterocycles. The van der Waals surface area contributed by atoms with E-state index < -0.39 is 5.60 Å². The Balaban J connectivity index is 2.08. The highest BCUT2D eigenvalue weighted by atomic mass is 16.3. The summed E-state index contributed by atoms with van der Waals surface area (Å²) < 4.78 is 0. The van der Waals surface area contributed by atoms with Gasteiger partial charge >= 0.3 is 0 Å².